The molecule has 7 heteroatoms. The number of carboxylic acid groups (broad SMARTS) is 1. The van der Waals surface area contributed by atoms with Gasteiger partial charge >= 0.3 is 5.97 Å². The Labute approximate surface area is 103 Å². The standard InChI is InChI=1S/C10H15N3O3S/c1-3-11-4-7(14)12-5-8-13-6(2)9(17-8)10(15)16/h11H,3-5H2,1-2H3,(H,12,14)(H,15,16). The van der Waals surface area contributed by atoms with Crippen LogP contribution in [0.1, 0.15) is 27.3 Å². The number of rotatable bonds is 6. The predicted octanol–water partition coefficient (Wildman–Crippen LogP) is 0.375. The molecule has 1 aromatic heterocycles. The Morgan fingerprint density at radius 2 is 2.18 bits per heavy atom. The van der Waals surface area contributed by atoms with Crippen molar-refractivity contribution in [3.8, 4) is 0 Å². The van der Waals surface area contributed by atoms with E-state index in [1.807, 2.05) is 6.92 Å². The summed E-state index contributed by atoms with van der Waals surface area (Å²) in [6, 6.07) is 0. The number of aromatic nitrogens is 1. The first-order chi connectivity index (χ1) is 8.04. The van der Waals surface area contributed by atoms with Gasteiger partial charge in [0.05, 0.1) is 18.8 Å². The van der Waals surface area contributed by atoms with Gasteiger partial charge in [-0.25, -0.2) is 9.78 Å². The molecule has 0 saturated heterocycles. The number of nitrogens with zero attached hydrogens (tertiary/aromatic N) is 1. The van der Waals surface area contributed by atoms with Crippen molar-refractivity contribution in [2.24, 2.45) is 0 Å². The fraction of sp³-hybridized carbons (Fsp3) is 0.500. The molecule has 1 aromatic rings. The summed E-state index contributed by atoms with van der Waals surface area (Å²) in [6.07, 6.45) is 0. The average Bonchev–Trinajstić information content (AvgIpc) is 2.65. The van der Waals surface area contributed by atoms with E-state index in [4.69, 9.17) is 5.11 Å². The molecule has 0 bridgehead atoms. The van der Waals surface area contributed by atoms with Gasteiger partial charge in [-0.1, -0.05) is 6.92 Å². The third-order valence-electron chi connectivity index (χ3n) is 2.01. The summed E-state index contributed by atoms with van der Waals surface area (Å²) in [5, 5.41) is 15.0. The Hall–Kier alpha value is -1.47. The topological polar surface area (TPSA) is 91.3 Å². The summed E-state index contributed by atoms with van der Waals surface area (Å²) in [4.78, 5) is 26.4. The van der Waals surface area contributed by atoms with E-state index in [-0.39, 0.29) is 23.9 Å². The summed E-state index contributed by atoms with van der Waals surface area (Å²) in [6.45, 7) is 4.81. The molecule has 0 radical (unpaired) electrons. The summed E-state index contributed by atoms with van der Waals surface area (Å²) in [5.41, 5.74) is 0.485. The van der Waals surface area contributed by atoms with Crippen LogP contribution in [0.15, 0.2) is 0 Å². The number of carboxylic acids is 1. The lowest BCUT2D eigenvalue weighted by atomic mass is 10.4. The molecule has 3 N–H and O–H groups in total. The molecule has 0 spiro atoms. The molecule has 94 valence electrons. The molecular formula is C10H15N3O3S. The molecule has 0 saturated carbocycles. The molecule has 0 aliphatic carbocycles. The van der Waals surface area contributed by atoms with Crippen molar-refractivity contribution in [2.75, 3.05) is 13.1 Å². The van der Waals surface area contributed by atoms with Gasteiger partial charge in [-0.2, -0.15) is 0 Å². The number of aryl methyl sites for hydroxylation is 1. The minimum Gasteiger partial charge on any atom is -0.477 e. The molecule has 0 atom stereocenters. The van der Waals surface area contributed by atoms with Gasteiger partial charge in [0.15, 0.2) is 0 Å². The summed E-state index contributed by atoms with van der Waals surface area (Å²) < 4.78 is 0. The molecule has 1 heterocycles. The van der Waals surface area contributed by atoms with Gasteiger partial charge in [0, 0.05) is 0 Å². The Kier molecular flexibility index (Phi) is 5.05. The number of likely N-dealkylation sites (N-methyl/N-ethyl adjacent to an activating group) is 1. The van der Waals surface area contributed by atoms with Gasteiger partial charge in [-0.3, -0.25) is 4.79 Å². The van der Waals surface area contributed by atoms with Crippen LogP contribution in [0.5, 0.6) is 0 Å². The summed E-state index contributed by atoms with van der Waals surface area (Å²) >= 11 is 1.09. The largest absolute Gasteiger partial charge is 0.477 e. The van der Waals surface area contributed by atoms with Crippen molar-refractivity contribution in [1.82, 2.24) is 15.6 Å². The van der Waals surface area contributed by atoms with Crippen LogP contribution in [0.2, 0.25) is 0 Å². The van der Waals surface area contributed by atoms with Gasteiger partial charge in [-0.05, 0) is 13.5 Å². The number of hydrogen-bond donors (Lipinski definition) is 3. The fourth-order valence-electron chi connectivity index (χ4n) is 1.20. The van der Waals surface area contributed by atoms with E-state index in [1.54, 1.807) is 6.92 Å². The van der Waals surface area contributed by atoms with Crippen LogP contribution < -0.4 is 10.6 Å². The lowest BCUT2D eigenvalue weighted by molar-refractivity contribution is -0.120. The first-order valence-corrected chi connectivity index (χ1v) is 6.03. The highest BCUT2D eigenvalue weighted by Crippen LogP contribution is 2.17. The third kappa shape index (κ3) is 4.12. The van der Waals surface area contributed by atoms with Crippen LogP contribution in [0.3, 0.4) is 0 Å². The van der Waals surface area contributed by atoms with Crippen LogP contribution in [0.4, 0.5) is 0 Å². The Bertz CT molecular complexity index is 417. The maximum atomic E-state index is 11.3. The monoisotopic (exact) mass is 257 g/mol. The number of carbonyl (C=O) groups is 2. The van der Waals surface area contributed by atoms with Crippen molar-refractivity contribution in [2.45, 2.75) is 20.4 Å². The number of thiazole rings is 1. The number of hydrogen-bond acceptors (Lipinski definition) is 5. The zero-order chi connectivity index (χ0) is 12.8. The molecule has 0 fully saturated rings. The quantitative estimate of drug-likeness (QED) is 0.685. The van der Waals surface area contributed by atoms with E-state index in [0.29, 0.717) is 10.7 Å². The first kappa shape index (κ1) is 13.6. The second-order valence-corrected chi connectivity index (χ2v) is 4.47. The Morgan fingerprint density at radius 3 is 2.71 bits per heavy atom. The summed E-state index contributed by atoms with van der Waals surface area (Å²) in [5.74, 6) is -1.11. The van der Waals surface area contributed by atoms with Crippen molar-refractivity contribution < 1.29 is 14.7 Å². The molecule has 17 heavy (non-hydrogen) atoms. The van der Waals surface area contributed by atoms with Crippen molar-refractivity contribution in [3.63, 3.8) is 0 Å². The Balaban J connectivity index is 2.50. The molecular weight excluding hydrogens is 242 g/mol. The zero-order valence-electron chi connectivity index (χ0n) is 9.74. The number of carbonyl (C=O) groups excluding carboxylic acids is 1. The van der Waals surface area contributed by atoms with Crippen LogP contribution in [0, 0.1) is 6.92 Å². The molecule has 0 unspecified atom stereocenters. The van der Waals surface area contributed by atoms with Gasteiger partial charge in [0.1, 0.15) is 9.88 Å². The lowest BCUT2D eigenvalue weighted by Gasteiger charge is -2.02. The zero-order valence-corrected chi connectivity index (χ0v) is 10.6. The summed E-state index contributed by atoms with van der Waals surface area (Å²) in [7, 11) is 0. The molecule has 0 aromatic carbocycles. The number of aromatic carboxylic acids is 1. The van der Waals surface area contributed by atoms with Crippen LogP contribution in [-0.4, -0.2) is 35.1 Å². The number of amides is 1. The van der Waals surface area contributed by atoms with Crippen LogP contribution in [0.25, 0.3) is 0 Å². The lowest BCUT2D eigenvalue weighted by Crippen LogP contribution is -2.33. The molecule has 6 nitrogen and oxygen atoms in total. The normalized spacial score (nSPS) is 10.2. The minimum absolute atomic E-state index is 0.128. The molecule has 1 rings (SSSR count). The minimum atomic E-state index is -0.981. The second-order valence-electron chi connectivity index (χ2n) is 3.38. The fourth-order valence-corrected chi connectivity index (χ4v) is 2.04. The second kappa shape index (κ2) is 6.31. The SMILES string of the molecule is CCNCC(=O)NCc1nc(C)c(C(=O)O)s1. The maximum absolute atomic E-state index is 11.3. The average molecular weight is 257 g/mol. The van der Waals surface area contributed by atoms with Gasteiger partial charge in [-0.15, -0.1) is 11.3 Å². The molecule has 0 aliphatic rings. The van der Waals surface area contributed by atoms with Crippen LogP contribution in [-0.2, 0) is 11.3 Å². The van der Waals surface area contributed by atoms with Crippen molar-refractivity contribution >= 4 is 23.2 Å². The highest BCUT2D eigenvalue weighted by Gasteiger charge is 2.13. The maximum Gasteiger partial charge on any atom is 0.347 e. The van der Waals surface area contributed by atoms with E-state index in [2.05, 4.69) is 15.6 Å². The van der Waals surface area contributed by atoms with Crippen molar-refractivity contribution in [1.29, 1.82) is 0 Å². The third-order valence-corrected chi connectivity index (χ3v) is 3.15. The number of nitrogens with one attached hydrogen (secondary N) is 2. The van der Waals surface area contributed by atoms with E-state index >= 15 is 0 Å². The molecule has 0 aliphatic heterocycles. The first-order valence-electron chi connectivity index (χ1n) is 5.21. The van der Waals surface area contributed by atoms with Crippen LogP contribution >= 0.6 is 11.3 Å². The van der Waals surface area contributed by atoms with Gasteiger partial charge in [0.2, 0.25) is 5.91 Å². The van der Waals surface area contributed by atoms with E-state index in [9.17, 15) is 9.59 Å². The van der Waals surface area contributed by atoms with E-state index in [1.165, 1.54) is 0 Å². The van der Waals surface area contributed by atoms with E-state index < -0.39 is 5.97 Å². The molecule has 1 amide bonds. The van der Waals surface area contributed by atoms with Gasteiger partial charge in [0.25, 0.3) is 0 Å². The Morgan fingerprint density at radius 1 is 1.47 bits per heavy atom. The highest BCUT2D eigenvalue weighted by atomic mass is 32.1. The predicted molar refractivity (Wildman–Crippen MR) is 64.2 cm³/mol. The smallest absolute Gasteiger partial charge is 0.347 e. The van der Waals surface area contributed by atoms with Crippen molar-refractivity contribution in [3.05, 3.63) is 15.6 Å². The van der Waals surface area contributed by atoms with E-state index in [0.717, 1.165) is 17.9 Å². The van der Waals surface area contributed by atoms with Gasteiger partial charge < -0.3 is 15.7 Å². The highest BCUT2D eigenvalue weighted by molar-refractivity contribution is 7.13.